The minimum atomic E-state index is -1.21. The zero-order valence-corrected chi connectivity index (χ0v) is 22.0. The van der Waals surface area contributed by atoms with E-state index in [0.717, 1.165) is 21.2 Å². The smallest absolute Gasteiger partial charge is 0.266 e. The van der Waals surface area contributed by atoms with Crippen LogP contribution in [0.3, 0.4) is 0 Å². The topological polar surface area (TPSA) is 92.2 Å². The summed E-state index contributed by atoms with van der Waals surface area (Å²) in [4.78, 5) is 18.4. The Morgan fingerprint density at radius 2 is 1.76 bits per heavy atom. The summed E-state index contributed by atoms with van der Waals surface area (Å²) in [6, 6.07) is 21.1. The Hall–Kier alpha value is -3.27. The zero-order chi connectivity index (χ0) is 26.3. The summed E-state index contributed by atoms with van der Waals surface area (Å²) in [6.07, 6.45) is 0.342. The van der Waals surface area contributed by atoms with Crippen LogP contribution in [0, 0.1) is 5.82 Å². The molecule has 0 spiro atoms. The lowest BCUT2D eigenvalue weighted by Crippen LogP contribution is -2.55. The average Bonchev–Trinajstić information content (AvgIpc) is 3.24. The number of hydrogen-bond acceptors (Lipinski definition) is 6. The van der Waals surface area contributed by atoms with Gasteiger partial charge >= 0.3 is 0 Å². The quantitative estimate of drug-likeness (QED) is 0.236. The number of ether oxygens (including phenoxy) is 2. The molecule has 3 aromatic rings. The summed E-state index contributed by atoms with van der Waals surface area (Å²) in [5.41, 5.74) is 6.99. The fourth-order valence-corrected chi connectivity index (χ4v) is 4.26. The van der Waals surface area contributed by atoms with Gasteiger partial charge in [-0.3, -0.25) is 10.2 Å². The van der Waals surface area contributed by atoms with E-state index in [1.807, 2.05) is 55.5 Å². The Morgan fingerprint density at radius 1 is 1.08 bits per heavy atom. The molecule has 0 saturated heterocycles. The first kappa shape index (κ1) is 26.8. The van der Waals surface area contributed by atoms with Crippen molar-refractivity contribution in [2.24, 2.45) is 4.99 Å². The molecule has 1 aliphatic rings. The summed E-state index contributed by atoms with van der Waals surface area (Å²) in [5, 5.41) is 8.93. The summed E-state index contributed by atoms with van der Waals surface area (Å²) < 4.78 is 25.9. The fourth-order valence-electron chi connectivity index (χ4n) is 3.99. The molecule has 9 heteroatoms. The third kappa shape index (κ3) is 6.74. The van der Waals surface area contributed by atoms with Crippen molar-refractivity contribution < 1.29 is 23.8 Å². The van der Waals surface area contributed by atoms with E-state index in [4.69, 9.17) is 19.6 Å². The molecule has 0 aliphatic carbocycles. The molecule has 1 aliphatic heterocycles. The van der Waals surface area contributed by atoms with Gasteiger partial charge in [0.15, 0.2) is 5.54 Å². The lowest BCUT2D eigenvalue weighted by Gasteiger charge is -2.28. The number of halogens is 2. The van der Waals surface area contributed by atoms with Crippen LogP contribution in [0.5, 0.6) is 5.75 Å². The van der Waals surface area contributed by atoms with Crippen LogP contribution in [-0.4, -0.2) is 41.8 Å². The van der Waals surface area contributed by atoms with Crippen molar-refractivity contribution in [3.8, 4) is 5.75 Å². The molecule has 3 N–H and O–H groups in total. The van der Waals surface area contributed by atoms with Gasteiger partial charge in [0.2, 0.25) is 5.90 Å². The fraction of sp³-hybridized carbons (Fsp3) is 0.286. The van der Waals surface area contributed by atoms with Crippen molar-refractivity contribution in [1.82, 2.24) is 10.9 Å². The lowest BCUT2D eigenvalue weighted by atomic mass is 9.86. The van der Waals surface area contributed by atoms with E-state index in [0.29, 0.717) is 37.6 Å². The molecule has 3 aromatic carbocycles. The van der Waals surface area contributed by atoms with Gasteiger partial charge in [0.05, 0.1) is 6.61 Å². The summed E-state index contributed by atoms with van der Waals surface area (Å²) in [7, 11) is 0. The van der Waals surface area contributed by atoms with Crippen LogP contribution >= 0.6 is 15.9 Å². The Balaban J connectivity index is 1.55. The second-order valence-electron chi connectivity index (χ2n) is 8.79. The molecule has 0 saturated carbocycles. The van der Waals surface area contributed by atoms with E-state index in [2.05, 4.69) is 26.8 Å². The normalized spacial score (nSPS) is 18.7. The van der Waals surface area contributed by atoms with Gasteiger partial charge in [-0.15, -0.1) is 0 Å². The molecule has 0 bridgehead atoms. The summed E-state index contributed by atoms with van der Waals surface area (Å²) in [6.45, 7) is 2.65. The molecule has 1 heterocycles. The highest BCUT2D eigenvalue weighted by Gasteiger charge is 2.50. The average molecular weight is 570 g/mol. The van der Waals surface area contributed by atoms with Gasteiger partial charge in [-0.25, -0.2) is 14.8 Å². The van der Waals surface area contributed by atoms with E-state index in [-0.39, 0.29) is 18.3 Å². The molecule has 4 rings (SSSR count). The largest absolute Gasteiger partial charge is 0.494 e. The number of hydrazine groups is 1. The van der Waals surface area contributed by atoms with Crippen LogP contribution in [0.4, 0.5) is 4.39 Å². The Labute approximate surface area is 223 Å². The molecule has 0 fully saturated rings. The number of aliphatic hydroxyl groups is 1. The number of nitrogens with one attached hydrogen (secondary N) is 2. The minimum absolute atomic E-state index is 0.0713. The van der Waals surface area contributed by atoms with Crippen LogP contribution in [-0.2, 0) is 22.5 Å². The van der Waals surface area contributed by atoms with Crippen molar-refractivity contribution in [2.45, 2.75) is 38.0 Å². The van der Waals surface area contributed by atoms with Crippen LogP contribution in [0.1, 0.15) is 30.0 Å². The SMILES string of the molecule is C[C@@H]1OC(c2ccc(OCCCO)cc2)=N[C@]1(Cc1ccc(Br)cc1)C(=O)NNCc1ccc(F)cc1. The van der Waals surface area contributed by atoms with Crippen LogP contribution in [0.25, 0.3) is 0 Å². The number of nitrogens with zero attached hydrogens (tertiary/aromatic N) is 1. The highest BCUT2D eigenvalue weighted by Crippen LogP contribution is 2.33. The lowest BCUT2D eigenvalue weighted by molar-refractivity contribution is -0.129. The van der Waals surface area contributed by atoms with Crippen molar-refractivity contribution in [3.05, 3.63) is 99.8 Å². The second-order valence-corrected chi connectivity index (χ2v) is 9.70. The summed E-state index contributed by atoms with van der Waals surface area (Å²) >= 11 is 3.45. The molecular weight excluding hydrogens is 541 g/mol. The molecule has 7 nitrogen and oxygen atoms in total. The number of aliphatic imine (C=N–C) groups is 1. The zero-order valence-electron chi connectivity index (χ0n) is 20.4. The standard InChI is InChI=1S/C28H29BrFN3O4/c1-19-28(17-20-3-9-23(29)10-4-20,27(35)33-31-18-21-5-11-24(30)12-6-21)32-26(37-19)22-7-13-25(14-8-22)36-16-2-15-34/h3-14,19,31,34H,2,15-18H2,1H3,(H,33,35)/t19-,28-/m0/s1. The molecule has 2 atom stereocenters. The third-order valence-corrected chi connectivity index (χ3v) is 6.65. The molecule has 37 heavy (non-hydrogen) atoms. The number of carbonyl (C=O) groups excluding carboxylic acids is 1. The molecule has 0 radical (unpaired) electrons. The molecule has 0 unspecified atom stereocenters. The predicted octanol–water partition coefficient (Wildman–Crippen LogP) is 4.32. The van der Waals surface area contributed by atoms with Gasteiger partial charge < -0.3 is 14.6 Å². The van der Waals surface area contributed by atoms with Crippen LogP contribution in [0.15, 0.2) is 82.3 Å². The maximum absolute atomic E-state index is 13.6. The van der Waals surface area contributed by atoms with Gasteiger partial charge in [0.25, 0.3) is 5.91 Å². The van der Waals surface area contributed by atoms with Gasteiger partial charge in [-0.05, 0) is 66.6 Å². The van der Waals surface area contributed by atoms with E-state index in [1.54, 1.807) is 12.1 Å². The Morgan fingerprint density at radius 3 is 2.43 bits per heavy atom. The van der Waals surface area contributed by atoms with Gasteiger partial charge in [0.1, 0.15) is 17.7 Å². The number of aliphatic hydroxyl groups excluding tert-OH is 1. The second kappa shape index (κ2) is 12.3. The van der Waals surface area contributed by atoms with Crippen molar-refractivity contribution in [3.63, 3.8) is 0 Å². The highest BCUT2D eigenvalue weighted by molar-refractivity contribution is 9.10. The molecule has 1 amide bonds. The van der Waals surface area contributed by atoms with Crippen LogP contribution < -0.4 is 15.6 Å². The molecule has 194 valence electrons. The number of benzene rings is 3. The van der Waals surface area contributed by atoms with Crippen molar-refractivity contribution in [1.29, 1.82) is 0 Å². The monoisotopic (exact) mass is 569 g/mol. The van der Waals surface area contributed by atoms with E-state index >= 15 is 0 Å². The van der Waals surface area contributed by atoms with E-state index in [1.165, 1.54) is 12.1 Å². The molecule has 0 aromatic heterocycles. The first-order valence-corrected chi connectivity index (χ1v) is 12.8. The number of hydrogen-bond donors (Lipinski definition) is 3. The summed E-state index contributed by atoms with van der Waals surface area (Å²) in [5.74, 6) is 0.404. The predicted molar refractivity (Wildman–Crippen MR) is 143 cm³/mol. The Bertz CT molecular complexity index is 1220. The van der Waals surface area contributed by atoms with Crippen molar-refractivity contribution >= 4 is 27.7 Å². The minimum Gasteiger partial charge on any atom is -0.494 e. The maximum atomic E-state index is 13.6. The highest BCUT2D eigenvalue weighted by atomic mass is 79.9. The first-order valence-electron chi connectivity index (χ1n) is 12.0. The van der Waals surface area contributed by atoms with Gasteiger partial charge in [-0.2, -0.15) is 0 Å². The van der Waals surface area contributed by atoms with Gasteiger partial charge in [0, 0.05) is 36.0 Å². The van der Waals surface area contributed by atoms with Crippen molar-refractivity contribution in [2.75, 3.05) is 13.2 Å². The first-order chi connectivity index (χ1) is 17.9. The Kier molecular flexibility index (Phi) is 8.91. The molecular formula is C28H29BrFN3O4. The van der Waals surface area contributed by atoms with E-state index in [9.17, 15) is 9.18 Å². The number of amides is 1. The third-order valence-electron chi connectivity index (χ3n) is 6.12. The van der Waals surface area contributed by atoms with Crippen LogP contribution in [0.2, 0.25) is 0 Å². The van der Waals surface area contributed by atoms with Gasteiger partial charge in [-0.1, -0.05) is 40.2 Å². The maximum Gasteiger partial charge on any atom is 0.266 e. The van der Waals surface area contributed by atoms with E-state index < -0.39 is 11.6 Å². The number of carbonyl (C=O) groups is 1. The number of rotatable bonds is 11.